The second-order valence-electron chi connectivity index (χ2n) is 7.24. The highest BCUT2D eigenvalue weighted by Crippen LogP contribution is 2.18. The Morgan fingerprint density at radius 3 is 2.71 bits per heavy atom. The molecule has 1 N–H and O–H groups in total. The van der Waals surface area contributed by atoms with Crippen molar-refractivity contribution in [2.24, 2.45) is 0 Å². The number of nitrogens with one attached hydrogen (secondary N) is 1. The third-order valence-electron chi connectivity index (χ3n) is 5.26. The van der Waals surface area contributed by atoms with Crippen LogP contribution in [0.15, 0.2) is 41.8 Å². The highest BCUT2D eigenvalue weighted by Gasteiger charge is 2.25. The van der Waals surface area contributed by atoms with Crippen LogP contribution in [0.4, 0.5) is 5.69 Å². The van der Waals surface area contributed by atoms with Crippen LogP contribution < -0.4 is 5.32 Å². The van der Waals surface area contributed by atoms with Gasteiger partial charge in [0.15, 0.2) is 0 Å². The maximum atomic E-state index is 12.9. The number of piperazine rings is 1. The van der Waals surface area contributed by atoms with E-state index in [1.807, 2.05) is 34.5 Å². The summed E-state index contributed by atoms with van der Waals surface area (Å²) in [7, 11) is 0. The lowest BCUT2D eigenvalue weighted by molar-refractivity contribution is 0.0432. The zero-order valence-corrected chi connectivity index (χ0v) is 16.6. The molecule has 2 aromatic rings. The Bertz CT molecular complexity index is 810. The van der Waals surface area contributed by atoms with Crippen molar-refractivity contribution in [3.05, 3.63) is 52.2 Å². The number of amides is 2. The molecule has 6 nitrogen and oxygen atoms in total. The van der Waals surface area contributed by atoms with E-state index in [1.54, 1.807) is 12.1 Å². The third kappa shape index (κ3) is 4.60. The molecule has 1 aromatic heterocycles. The molecule has 0 aliphatic carbocycles. The van der Waals surface area contributed by atoms with Crippen molar-refractivity contribution < 1.29 is 14.3 Å². The summed E-state index contributed by atoms with van der Waals surface area (Å²) in [6, 6.07) is 10.8. The minimum Gasteiger partial charge on any atom is -0.377 e. The van der Waals surface area contributed by atoms with Crippen molar-refractivity contribution in [1.29, 1.82) is 0 Å². The highest BCUT2D eigenvalue weighted by atomic mass is 32.1. The normalized spacial score (nSPS) is 20.3. The molecule has 2 aliphatic rings. The standard InChI is InChI=1S/C21H25N3O3S/c25-20(19-7-3-13-28-19)22-17-5-1-4-16(14-17)21(26)24-10-8-23(9-11-24)15-18-6-2-12-27-18/h1,3-5,7,13-14,18H,2,6,8-12,15H2,(H,22,25). The maximum Gasteiger partial charge on any atom is 0.265 e. The molecule has 4 rings (SSSR count). The zero-order chi connectivity index (χ0) is 19.3. The number of hydrogen-bond acceptors (Lipinski definition) is 5. The van der Waals surface area contributed by atoms with Gasteiger partial charge in [0.25, 0.3) is 11.8 Å². The molecular formula is C21H25N3O3S. The first-order chi connectivity index (χ1) is 13.7. The van der Waals surface area contributed by atoms with Gasteiger partial charge in [-0.15, -0.1) is 11.3 Å². The van der Waals surface area contributed by atoms with Gasteiger partial charge in [0.05, 0.1) is 11.0 Å². The number of benzene rings is 1. The predicted octanol–water partition coefficient (Wildman–Crippen LogP) is 2.94. The van der Waals surface area contributed by atoms with Gasteiger partial charge in [-0.2, -0.15) is 0 Å². The Hall–Kier alpha value is -2.22. The fraction of sp³-hybridized carbons (Fsp3) is 0.429. The largest absolute Gasteiger partial charge is 0.377 e. The van der Waals surface area contributed by atoms with Crippen LogP contribution >= 0.6 is 11.3 Å². The van der Waals surface area contributed by atoms with Crippen LogP contribution in [0, 0.1) is 0 Å². The molecule has 1 aromatic carbocycles. The van der Waals surface area contributed by atoms with Crippen LogP contribution in [0.3, 0.4) is 0 Å². The van der Waals surface area contributed by atoms with E-state index in [0.29, 0.717) is 22.2 Å². The maximum absolute atomic E-state index is 12.9. The molecule has 0 radical (unpaired) electrons. The van der Waals surface area contributed by atoms with E-state index < -0.39 is 0 Å². The van der Waals surface area contributed by atoms with Gasteiger partial charge >= 0.3 is 0 Å². The van der Waals surface area contributed by atoms with Gasteiger partial charge in [-0.05, 0) is 42.5 Å². The average molecular weight is 400 g/mol. The van der Waals surface area contributed by atoms with Crippen molar-refractivity contribution in [3.8, 4) is 0 Å². The monoisotopic (exact) mass is 399 g/mol. The number of anilines is 1. The van der Waals surface area contributed by atoms with Crippen molar-refractivity contribution in [1.82, 2.24) is 9.80 Å². The second kappa shape index (κ2) is 8.86. The van der Waals surface area contributed by atoms with Crippen LogP contribution in [-0.4, -0.2) is 67.0 Å². The molecule has 28 heavy (non-hydrogen) atoms. The van der Waals surface area contributed by atoms with E-state index in [0.717, 1.165) is 52.2 Å². The number of ether oxygens (including phenoxy) is 1. The Labute approximate surface area is 169 Å². The molecule has 1 unspecified atom stereocenters. The Kier molecular flexibility index (Phi) is 6.04. The van der Waals surface area contributed by atoms with Crippen LogP contribution in [0.5, 0.6) is 0 Å². The van der Waals surface area contributed by atoms with Crippen LogP contribution in [-0.2, 0) is 4.74 Å². The molecule has 1 atom stereocenters. The SMILES string of the molecule is O=C(Nc1cccc(C(=O)N2CCN(CC3CCCO3)CC2)c1)c1cccs1. The summed E-state index contributed by atoms with van der Waals surface area (Å²) in [5.41, 5.74) is 1.25. The topological polar surface area (TPSA) is 61.9 Å². The molecule has 2 saturated heterocycles. The van der Waals surface area contributed by atoms with Gasteiger partial charge in [-0.25, -0.2) is 0 Å². The quantitative estimate of drug-likeness (QED) is 0.840. The number of thiophene rings is 1. The number of carbonyl (C=O) groups is 2. The van der Waals surface area contributed by atoms with Gasteiger partial charge in [0.2, 0.25) is 0 Å². The first-order valence-corrected chi connectivity index (χ1v) is 10.7. The molecule has 0 bridgehead atoms. The van der Waals surface area contributed by atoms with Crippen LogP contribution in [0.25, 0.3) is 0 Å². The van der Waals surface area contributed by atoms with Crippen molar-refractivity contribution in [3.63, 3.8) is 0 Å². The number of hydrogen-bond donors (Lipinski definition) is 1. The van der Waals surface area contributed by atoms with E-state index in [4.69, 9.17) is 4.74 Å². The van der Waals surface area contributed by atoms with E-state index in [9.17, 15) is 9.59 Å². The summed E-state index contributed by atoms with van der Waals surface area (Å²) >= 11 is 1.39. The summed E-state index contributed by atoms with van der Waals surface area (Å²) in [5.74, 6) is -0.133. The molecule has 2 fully saturated rings. The molecule has 0 spiro atoms. The second-order valence-corrected chi connectivity index (χ2v) is 8.19. The first kappa shape index (κ1) is 19.1. The summed E-state index contributed by atoms with van der Waals surface area (Å²) in [6.45, 7) is 5.03. The lowest BCUT2D eigenvalue weighted by Gasteiger charge is -2.35. The Morgan fingerprint density at radius 1 is 1.14 bits per heavy atom. The van der Waals surface area contributed by atoms with E-state index in [-0.39, 0.29) is 11.8 Å². The Morgan fingerprint density at radius 2 is 2.00 bits per heavy atom. The minimum atomic E-state index is -0.151. The molecule has 2 amide bonds. The summed E-state index contributed by atoms with van der Waals surface area (Å²) in [5, 5.41) is 4.74. The zero-order valence-electron chi connectivity index (χ0n) is 15.8. The van der Waals surface area contributed by atoms with Gasteiger partial charge in [0, 0.05) is 50.6 Å². The van der Waals surface area contributed by atoms with Crippen LogP contribution in [0.2, 0.25) is 0 Å². The highest BCUT2D eigenvalue weighted by molar-refractivity contribution is 7.12. The number of carbonyl (C=O) groups excluding carboxylic acids is 2. The summed E-state index contributed by atoms with van der Waals surface area (Å²) in [4.78, 5) is 30.0. The molecule has 2 aliphatic heterocycles. The fourth-order valence-electron chi connectivity index (χ4n) is 3.72. The molecule has 3 heterocycles. The van der Waals surface area contributed by atoms with Gasteiger partial charge in [-0.1, -0.05) is 12.1 Å². The fourth-order valence-corrected chi connectivity index (χ4v) is 4.34. The number of nitrogens with zero attached hydrogens (tertiary/aromatic N) is 2. The molecule has 148 valence electrons. The van der Waals surface area contributed by atoms with E-state index >= 15 is 0 Å². The minimum absolute atomic E-state index is 0.0176. The molecule has 0 saturated carbocycles. The molecule has 7 heteroatoms. The lowest BCUT2D eigenvalue weighted by Crippen LogP contribution is -2.50. The van der Waals surface area contributed by atoms with Crippen molar-refractivity contribution >= 4 is 28.8 Å². The summed E-state index contributed by atoms with van der Waals surface area (Å²) < 4.78 is 5.71. The van der Waals surface area contributed by atoms with Gasteiger partial charge < -0.3 is 15.0 Å². The van der Waals surface area contributed by atoms with Crippen molar-refractivity contribution in [2.45, 2.75) is 18.9 Å². The smallest absolute Gasteiger partial charge is 0.265 e. The van der Waals surface area contributed by atoms with E-state index in [2.05, 4.69) is 10.2 Å². The van der Waals surface area contributed by atoms with Crippen molar-refractivity contribution in [2.75, 3.05) is 44.6 Å². The third-order valence-corrected chi connectivity index (χ3v) is 6.13. The average Bonchev–Trinajstić information content (AvgIpc) is 3.42. The molecular weight excluding hydrogens is 374 g/mol. The predicted molar refractivity (Wildman–Crippen MR) is 110 cm³/mol. The lowest BCUT2D eigenvalue weighted by atomic mass is 10.1. The Balaban J connectivity index is 1.33. The van der Waals surface area contributed by atoms with E-state index in [1.165, 1.54) is 11.3 Å². The van der Waals surface area contributed by atoms with Gasteiger partial charge in [0.1, 0.15) is 0 Å². The summed E-state index contributed by atoms with van der Waals surface area (Å²) in [6.07, 6.45) is 2.65. The van der Waals surface area contributed by atoms with Gasteiger partial charge in [-0.3, -0.25) is 14.5 Å². The van der Waals surface area contributed by atoms with Crippen LogP contribution in [0.1, 0.15) is 32.9 Å². The number of rotatable bonds is 5. The first-order valence-electron chi connectivity index (χ1n) is 9.77.